The molecule has 41 heavy (non-hydrogen) atoms. The van der Waals surface area contributed by atoms with Crippen molar-refractivity contribution in [2.45, 2.75) is 45.8 Å². The van der Waals surface area contributed by atoms with Crippen LogP contribution in [0.1, 0.15) is 49.4 Å². The maximum Gasteiger partial charge on any atom is 0.232 e. The Bertz CT molecular complexity index is 1590. The first kappa shape index (κ1) is 26.6. The minimum Gasteiger partial charge on any atom is -0.489 e. The zero-order valence-corrected chi connectivity index (χ0v) is 23.5. The quantitative estimate of drug-likeness (QED) is 0.272. The van der Waals surface area contributed by atoms with E-state index in [1.165, 1.54) is 0 Å². The number of ether oxygens (including phenoxy) is 1. The van der Waals surface area contributed by atoms with Crippen LogP contribution < -0.4 is 15.0 Å². The molecule has 0 saturated carbocycles. The van der Waals surface area contributed by atoms with Crippen LogP contribution in [0.2, 0.25) is 0 Å². The molecule has 6 rings (SSSR count). The molecule has 0 aromatic heterocycles. The Kier molecular flexibility index (Phi) is 7.19. The molecule has 0 spiro atoms. The van der Waals surface area contributed by atoms with E-state index in [2.05, 4.69) is 19.2 Å². The number of allylic oxidation sites excluding steroid dienone is 1. The van der Waals surface area contributed by atoms with Gasteiger partial charge >= 0.3 is 0 Å². The second-order valence-electron chi connectivity index (χ2n) is 11.6. The SMILES string of the molecule is CC1(C)CC(=O)C2=C(C1)Nc1ccccc1N(C(=O)Cc1ccccc1)[C@@H]2c1ccc(OCc2ccccc2)cc1. The molecule has 5 heteroatoms. The summed E-state index contributed by atoms with van der Waals surface area (Å²) in [5.74, 6) is 0.743. The standard InChI is InChI=1S/C36H34N2O3/c1-36(2)22-30-34(32(39)23-36)35(27-17-19-28(20-18-27)41-24-26-13-7-4-8-14-26)38(31-16-10-9-15-29(31)37-30)33(40)21-25-11-5-3-6-12-25/h3-20,35,37H,21-24H2,1-2H3/t35-/m1/s1. The number of Topliss-reactive ketones (excluding diaryl/α,β-unsaturated/α-hetero) is 1. The summed E-state index contributed by atoms with van der Waals surface area (Å²) < 4.78 is 6.05. The molecule has 1 heterocycles. The lowest BCUT2D eigenvalue weighted by atomic mass is 9.73. The zero-order chi connectivity index (χ0) is 28.4. The van der Waals surface area contributed by atoms with Gasteiger partial charge in [-0.1, -0.05) is 98.8 Å². The summed E-state index contributed by atoms with van der Waals surface area (Å²) in [6.07, 6.45) is 1.38. The summed E-state index contributed by atoms with van der Waals surface area (Å²) in [5.41, 5.74) is 5.87. The molecule has 0 saturated heterocycles. The third-order valence-electron chi connectivity index (χ3n) is 7.81. The van der Waals surface area contributed by atoms with Crippen molar-refractivity contribution in [1.29, 1.82) is 0 Å². The third-order valence-corrected chi connectivity index (χ3v) is 7.81. The molecule has 5 nitrogen and oxygen atoms in total. The number of ketones is 1. The highest BCUT2D eigenvalue weighted by Crippen LogP contribution is 2.48. The van der Waals surface area contributed by atoms with E-state index in [1.54, 1.807) is 0 Å². The van der Waals surface area contributed by atoms with Gasteiger partial charge in [-0.15, -0.1) is 0 Å². The second kappa shape index (κ2) is 11.1. The highest BCUT2D eigenvalue weighted by atomic mass is 16.5. The first-order chi connectivity index (χ1) is 19.9. The average Bonchev–Trinajstić information content (AvgIpc) is 3.11. The summed E-state index contributed by atoms with van der Waals surface area (Å²) in [6, 6.07) is 34.9. The molecule has 1 amide bonds. The highest BCUT2D eigenvalue weighted by Gasteiger charge is 2.43. The number of amides is 1. The minimum absolute atomic E-state index is 0.0637. The lowest BCUT2D eigenvalue weighted by Crippen LogP contribution is -2.40. The average molecular weight is 543 g/mol. The molecule has 0 unspecified atom stereocenters. The van der Waals surface area contributed by atoms with Gasteiger partial charge in [-0.25, -0.2) is 0 Å². The van der Waals surface area contributed by atoms with Crippen molar-refractivity contribution in [1.82, 2.24) is 0 Å². The molecule has 4 aromatic carbocycles. The Balaban J connectivity index is 1.43. The Morgan fingerprint density at radius 2 is 1.46 bits per heavy atom. The molecule has 4 aromatic rings. The van der Waals surface area contributed by atoms with Crippen molar-refractivity contribution >= 4 is 23.1 Å². The number of anilines is 2. The number of para-hydroxylation sites is 2. The molecule has 206 valence electrons. The number of nitrogens with zero attached hydrogens (tertiary/aromatic N) is 1. The number of benzene rings is 4. The number of rotatable bonds is 6. The van der Waals surface area contributed by atoms with Gasteiger partial charge in [-0.05, 0) is 52.8 Å². The number of carbonyl (C=O) groups is 2. The lowest BCUT2D eigenvalue weighted by molar-refractivity contribution is -0.119. The molecule has 1 atom stereocenters. The molecule has 0 radical (unpaired) electrons. The summed E-state index contributed by atoms with van der Waals surface area (Å²) in [7, 11) is 0. The van der Waals surface area contributed by atoms with Gasteiger partial charge in [0.25, 0.3) is 0 Å². The summed E-state index contributed by atoms with van der Waals surface area (Å²) in [5, 5.41) is 3.59. The van der Waals surface area contributed by atoms with E-state index in [9.17, 15) is 9.59 Å². The maximum atomic E-state index is 14.2. The maximum absolute atomic E-state index is 14.2. The summed E-state index contributed by atoms with van der Waals surface area (Å²) in [4.78, 5) is 30.0. The molecule has 2 aliphatic rings. The van der Waals surface area contributed by atoms with Gasteiger partial charge in [0.15, 0.2) is 5.78 Å². The second-order valence-corrected chi connectivity index (χ2v) is 11.6. The molecular formula is C36H34N2O3. The van der Waals surface area contributed by atoms with Crippen LogP contribution >= 0.6 is 0 Å². The molecular weight excluding hydrogens is 508 g/mol. The van der Waals surface area contributed by atoms with Crippen LogP contribution in [0.5, 0.6) is 5.75 Å². The fourth-order valence-electron chi connectivity index (χ4n) is 5.92. The fourth-order valence-corrected chi connectivity index (χ4v) is 5.92. The van der Waals surface area contributed by atoms with E-state index in [0.29, 0.717) is 18.6 Å². The number of hydrogen-bond donors (Lipinski definition) is 1. The van der Waals surface area contributed by atoms with Gasteiger partial charge < -0.3 is 10.1 Å². The minimum atomic E-state index is -0.566. The number of fused-ring (bicyclic) bond motifs is 1. The van der Waals surface area contributed by atoms with E-state index >= 15 is 0 Å². The Morgan fingerprint density at radius 3 is 2.17 bits per heavy atom. The normalized spacial score (nSPS) is 17.7. The van der Waals surface area contributed by atoms with Crippen LogP contribution in [0.4, 0.5) is 11.4 Å². The van der Waals surface area contributed by atoms with Crippen LogP contribution in [-0.4, -0.2) is 11.7 Å². The van der Waals surface area contributed by atoms with E-state index in [0.717, 1.165) is 45.9 Å². The zero-order valence-electron chi connectivity index (χ0n) is 23.5. The highest BCUT2D eigenvalue weighted by molar-refractivity contribution is 6.06. The Morgan fingerprint density at radius 1 is 0.829 bits per heavy atom. The first-order valence-electron chi connectivity index (χ1n) is 14.1. The van der Waals surface area contributed by atoms with Crippen LogP contribution in [0.3, 0.4) is 0 Å². The molecule has 0 bridgehead atoms. The van der Waals surface area contributed by atoms with Crippen molar-refractivity contribution in [3.05, 3.63) is 137 Å². The number of carbonyl (C=O) groups excluding carboxylic acids is 2. The van der Waals surface area contributed by atoms with Gasteiger partial charge in [0.05, 0.1) is 23.8 Å². The van der Waals surface area contributed by atoms with Crippen molar-refractivity contribution < 1.29 is 14.3 Å². The molecule has 1 aliphatic heterocycles. The third kappa shape index (κ3) is 5.66. The fraction of sp³-hybridized carbons (Fsp3) is 0.222. The first-order valence-corrected chi connectivity index (χ1v) is 14.1. The van der Waals surface area contributed by atoms with Crippen molar-refractivity contribution in [2.24, 2.45) is 5.41 Å². The van der Waals surface area contributed by atoms with Crippen molar-refractivity contribution in [3.8, 4) is 5.75 Å². The molecule has 0 fully saturated rings. The monoisotopic (exact) mass is 542 g/mol. The van der Waals surface area contributed by atoms with E-state index in [1.807, 2.05) is 114 Å². The molecule has 1 N–H and O–H groups in total. The van der Waals surface area contributed by atoms with E-state index < -0.39 is 6.04 Å². The van der Waals surface area contributed by atoms with Gasteiger partial charge in [-0.2, -0.15) is 0 Å². The predicted octanol–water partition coefficient (Wildman–Crippen LogP) is 7.65. The van der Waals surface area contributed by atoms with Crippen molar-refractivity contribution in [2.75, 3.05) is 10.2 Å². The van der Waals surface area contributed by atoms with Crippen LogP contribution in [0.25, 0.3) is 0 Å². The Labute approximate surface area is 241 Å². The Hall–Kier alpha value is -4.64. The van der Waals surface area contributed by atoms with Crippen LogP contribution in [-0.2, 0) is 22.6 Å². The molecule has 1 aliphatic carbocycles. The van der Waals surface area contributed by atoms with E-state index in [-0.39, 0.29) is 23.5 Å². The van der Waals surface area contributed by atoms with Gasteiger partial charge in [0, 0.05) is 17.7 Å². The van der Waals surface area contributed by atoms with E-state index in [4.69, 9.17) is 4.74 Å². The largest absolute Gasteiger partial charge is 0.489 e. The lowest BCUT2D eigenvalue weighted by Gasteiger charge is -2.37. The number of hydrogen-bond acceptors (Lipinski definition) is 4. The van der Waals surface area contributed by atoms with Crippen LogP contribution in [0.15, 0.2) is 120 Å². The van der Waals surface area contributed by atoms with Crippen LogP contribution in [0, 0.1) is 5.41 Å². The number of nitrogens with one attached hydrogen (secondary N) is 1. The van der Waals surface area contributed by atoms with Crippen molar-refractivity contribution in [3.63, 3.8) is 0 Å². The summed E-state index contributed by atoms with van der Waals surface area (Å²) >= 11 is 0. The predicted molar refractivity (Wildman–Crippen MR) is 163 cm³/mol. The summed E-state index contributed by atoms with van der Waals surface area (Å²) in [6.45, 7) is 4.71. The van der Waals surface area contributed by atoms with Gasteiger partial charge in [0.1, 0.15) is 12.4 Å². The van der Waals surface area contributed by atoms with Gasteiger partial charge in [0.2, 0.25) is 5.91 Å². The van der Waals surface area contributed by atoms with Gasteiger partial charge in [-0.3, -0.25) is 14.5 Å². The topological polar surface area (TPSA) is 58.6 Å². The smallest absolute Gasteiger partial charge is 0.232 e.